The molecule has 0 spiro atoms. The van der Waals surface area contributed by atoms with Gasteiger partial charge in [-0.15, -0.1) is 9.24 Å². The van der Waals surface area contributed by atoms with Crippen LogP contribution >= 0.6 is 9.24 Å². The smallest absolute Gasteiger partial charge is 0.143 e. The lowest BCUT2D eigenvalue weighted by Gasteiger charge is -2.05. The van der Waals surface area contributed by atoms with Gasteiger partial charge in [0.2, 0.25) is 0 Å². The zero-order valence-corrected chi connectivity index (χ0v) is 11.1. The molecule has 1 unspecified atom stereocenters. The van der Waals surface area contributed by atoms with Crippen LogP contribution in [0.5, 0.6) is 0 Å². The number of rotatable bonds is 3. The van der Waals surface area contributed by atoms with Gasteiger partial charge >= 0.3 is 0 Å². The number of hydrogen-bond acceptors (Lipinski definition) is 1. The molecule has 0 aliphatic carbocycles. The highest BCUT2D eigenvalue weighted by molar-refractivity contribution is 7.27. The number of aliphatic imine (C=N–C) groups is 1. The van der Waals surface area contributed by atoms with Crippen LogP contribution in [-0.4, -0.2) is 12.8 Å². The molecular formula is C13H17FNP. The predicted molar refractivity (Wildman–Crippen MR) is 72.3 cm³/mol. The van der Waals surface area contributed by atoms with Crippen LogP contribution in [0.2, 0.25) is 0 Å². The van der Waals surface area contributed by atoms with Crippen LogP contribution in [0, 0.1) is 0 Å². The zero-order valence-electron chi connectivity index (χ0n) is 9.92. The van der Waals surface area contributed by atoms with Gasteiger partial charge in [0.1, 0.15) is 5.83 Å². The van der Waals surface area contributed by atoms with Crippen molar-refractivity contribution in [3.05, 3.63) is 41.2 Å². The Hall–Kier alpha value is -1.01. The van der Waals surface area contributed by atoms with Gasteiger partial charge in [0, 0.05) is 7.05 Å². The molecule has 1 nitrogen and oxygen atoms in total. The summed E-state index contributed by atoms with van der Waals surface area (Å²) in [4.78, 5) is 3.85. The molecule has 1 rings (SSSR count). The van der Waals surface area contributed by atoms with Crippen molar-refractivity contribution in [3.63, 3.8) is 0 Å². The van der Waals surface area contributed by atoms with Crippen molar-refractivity contribution in [2.45, 2.75) is 20.3 Å². The molecule has 0 saturated carbocycles. The van der Waals surface area contributed by atoms with Crippen LogP contribution in [0.4, 0.5) is 4.39 Å². The van der Waals surface area contributed by atoms with E-state index in [0.717, 1.165) is 16.4 Å². The number of allylic oxidation sites excluding steroid dienone is 2. The second-order valence-electron chi connectivity index (χ2n) is 3.82. The Bertz CT molecular complexity index is 418. The Morgan fingerprint density at radius 3 is 2.31 bits per heavy atom. The Kier molecular flexibility index (Phi) is 4.82. The quantitative estimate of drug-likeness (QED) is 0.566. The fraction of sp³-hybridized carbons (Fsp3) is 0.308. The minimum atomic E-state index is -0.197. The minimum absolute atomic E-state index is 0.197. The molecule has 1 atom stereocenters. The van der Waals surface area contributed by atoms with E-state index in [0.29, 0.717) is 12.1 Å². The van der Waals surface area contributed by atoms with Crippen LogP contribution in [-0.2, 0) is 6.42 Å². The molecule has 0 radical (unpaired) electrons. The van der Waals surface area contributed by atoms with E-state index in [4.69, 9.17) is 0 Å². The standard InChI is InChI=1S/C13H17FNP/c1-9(13(14)10(2)15-3)8-11-4-6-12(16)7-5-11/h4-7H,8,16H2,1-3H3/b13-9+,15-10?. The third-order valence-corrected chi connectivity index (χ3v) is 2.86. The first-order valence-electron chi connectivity index (χ1n) is 5.18. The van der Waals surface area contributed by atoms with Crippen LogP contribution in [0.25, 0.3) is 0 Å². The van der Waals surface area contributed by atoms with Gasteiger partial charge in [-0.2, -0.15) is 0 Å². The Labute approximate surface area is 98.7 Å². The molecule has 3 heteroatoms. The van der Waals surface area contributed by atoms with Gasteiger partial charge in [-0.1, -0.05) is 24.3 Å². The average Bonchev–Trinajstić information content (AvgIpc) is 2.30. The van der Waals surface area contributed by atoms with Crippen LogP contribution in [0.3, 0.4) is 0 Å². The summed E-state index contributed by atoms with van der Waals surface area (Å²) in [5.74, 6) is -0.197. The minimum Gasteiger partial charge on any atom is -0.290 e. The molecule has 1 aromatic rings. The fourth-order valence-corrected chi connectivity index (χ4v) is 1.62. The maximum Gasteiger partial charge on any atom is 0.143 e. The number of halogens is 1. The van der Waals surface area contributed by atoms with Gasteiger partial charge in [0.15, 0.2) is 0 Å². The molecule has 86 valence electrons. The van der Waals surface area contributed by atoms with Gasteiger partial charge in [-0.05, 0) is 36.7 Å². The summed E-state index contributed by atoms with van der Waals surface area (Å²) in [6, 6.07) is 8.03. The van der Waals surface area contributed by atoms with E-state index in [-0.39, 0.29) is 5.83 Å². The highest BCUT2D eigenvalue weighted by Crippen LogP contribution is 2.14. The van der Waals surface area contributed by atoms with E-state index in [1.807, 2.05) is 24.3 Å². The molecule has 0 bridgehead atoms. The van der Waals surface area contributed by atoms with Crippen molar-refractivity contribution < 1.29 is 4.39 Å². The van der Waals surface area contributed by atoms with Crippen LogP contribution in [0.1, 0.15) is 19.4 Å². The molecule has 0 N–H and O–H groups in total. The molecular weight excluding hydrogens is 220 g/mol. The number of nitrogens with zero attached hydrogens (tertiary/aromatic N) is 1. The van der Waals surface area contributed by atoms with Gasteiger partial charge in [-0.25, -0.2) is 4.39 Å². The summed E-state index contributed by atoms with van der Waals surface area (Å²) >= 11 is 0. The summed E-state index contributed by atoms with van der Waals surface area (Å²) < 4.78 is 13.7. The van der Waals surface area contributed by atoms with E-state index in [9.17, 15) is 4.39 Å². The lowest BCUT2D eigenvalue weighted by molar-refractivity contribution is 0.662. The van der Waals surface area contributed by atoms with Gasteiger partial charge in [0.25, 0.3) is 0 Å². The van der Waals surface area contributed by atoms with Crippen molar-refractivity contribution in [1.82, 2.24) is 0 Å². The van der Waals surface area contributed by atoms with Crippen LogP contribution < -0.4 is 5.30 Å². The van der Waals surface area contributed by atoms with E-state index >= 15 is 0 Å². The fourth-order valence-electron chi connectivity index (χ4n) is 1.43. The molecule has 0 fully saturated rings. The molecule has 0 amide bonds. The van der Waals surface area contributed by atoms with E-state index in [2.05, 4.69) is 14.2 Å². The summed E-state index contributed by atoms with van der Waals surface area (Å²) in [7, 11) is 4.23. The normalized spacial score (nSPS) is 13.7. The van der Waals surface area contributed by atoms with Crippen LogP contribution in [0.15, 0.2) is 40.7 Å². The predicted octanol–water partition coefficient (Wildman–Crippen LogP) is 3.06. The first-order valence-corrected chi connectivity index (χ1v) is 5.75. The summed E-state index contributed by atoms with van der Waals surface area (Å²) in [6.07, 6.45) is 0.629. The third kappa shape index (κ3) is 3.53. The first-order chi connectivity index (χ1) is 7.54. The molecule has 1 aromatic carbocycles. The second kappa shape index (κ2) is 5.91. The molecule has 0 saturated heterocycles. The van der Waals surface area contributed by atoms with Gasteiger partial charge in [-0.3, -0.25) is 4.99 Å². The lowest BCUT2D eigenvalue weighted by Crippen LogP contribution is -1.99. The molecule has 0 aliphatic rings. The topological polar surface area (TPSA) is 12.4 Å². The Morgan fingerprint density at radius 2 is 1.81 bits per heavy atom. The number of benzene rings is 1. The zero-order chi connectivity index (χ0) is 12.1. The Balaban J connectivity index is 2.85. The van der Waals surface area contributed by atoms with Crippen molar-refractivity contribution in [1.29, 1.82) is 0 Å². The SMILES string of the molecule is CN=C(C)/C(F)=C(/C)Cc1ccc(P)cc1. The highest BCUT2D eigenvalue weighted by Gasteiger charge is 2.05. The van der Waals surface area contributed by atoms with Gasteiger partial charge < -0.3 is 0 Å². The summed E-state index contributed by atoms with van der Waals surface area (Å²) in [5.41, 5.74) is 2.29. The Morgan fingerprint density at radius 1 is 1.25 bits per heavy atom. The van der Waals surface area contributed by atoms with Crippen molar-refractivity contribution in [2.75, 3.05) is 7.05 Å². The monoisotopic (exact) mass is 237 g/mol. The first kappa shape index (κ1) is 13.1. The summed E-state index contributed by atoms with van der Waals surface area (Å²) in [6.45, 7) is 3.49. The van der Waals surface area contributed by atoms with Gasteiger partial charge in [0.05, 0.1) is 5.71 Å². The maximum absolute atomic E-state index is 13.7. The van der Waals surface area contributed by atoms with Crippen molar-refractivity contribution in [2.24, 2.45) is 4.99 Å². The second-order valence-corrected chi connectivity index (χ2v) is 4.49. The number of hydrogen-bond donors (Lipinski definition) is 0. The van der Waals surface area contributed by atoms with E-state index in [1.165, 1.54) is 0 Å². The molecule has 0 aromatic heterocycles. The molecule has 0 aliphatic heterocycles. The third-order valence-electron chi connectivity index (χ3n) is 2.48. The molecule has 16 heavy (non-hydrogen) atoms. The van der Waals surface area contributed by atoms with Crippen molar-refractivity contribution >= 4 is 20.3 Å². The summed E-state index contributed by atoms with van der Waals surface area (Å²) in [5, 5.41) is 1.14. The highest BCUT2D eigenvalue weighted by atomic mass is 31.0. The maximum atomic E-state index is 13.7. The molecule has 0 heterocycles. The largest absolute Gasteiger partial charge is 0.290 e. The van der Waals surface area contributed by atoms with E-state index in [1.54, 1.807) is 20.9 Å². The lowest BCUT2D eigenvalue weighted by atomic mass is 10.0. The van der Waals surface area contributed by atoms with E-state index < -0.39 is 0 Å². The average molecular weight is 237 g/mol. The van der Waals surface area contributed by atoms with Crippen molar-refractivity contribution in [3.8, 4) is 0 Å².